The average Bonchev–Trinajstić information content (AvgIpc) is 3.27. The first-order valence-corrected chi connectivity index (χ1v) is 12.1. The van der Waals surface area contributed by atoms with E-state index in [0.717, 1.165) is 81.6 Å². The third-order valence-corrected chi connectivity index (χ3v) is 7.32. The van der Waals surface area contributed by atoms with Gasteiger partial charge in [0.1, 0.15) is 5.75 Å². The van der Waals surface area contributed by atoms with Crippen molar-refractivity contribution in [2.45, 2.75) is 18.9 Å². The van der Waals surface area contributed by atoms with Gasteiger partial charge in [-0.25, -0.2) is 0 Å². The van der Waals surface area contributed by atoms with Gasteiger partial charge in [0.05, 0.1) is 19.7 Å². The Hall–Kier alpha value is -1.93. The van der Waals surface area contributed by atoms with Gasteiger partial charge in [0.2, 0.25) is 11.8 Å². The summed E-state index contributed by atoms with van der Waals surface area (Å²) in [6, 6.07) is 7.96. The van der Waals surface area contributed by atoms with E-state index in [1.54, 1.807) is 7.11 Å². The van der Waals surface area contributed by atoms with Crippen molar-refractivity contribution >= 4 is 29.3 Å². The van der Waals surface area contributed by atoms with Crippen LogP contribution >= 0.6 is 11.8 Å². The number of rotatable bonds is 5. The predicted octanol–water partition coefficient (Wildman–Crippen LogP) is 1.38. The summed E-state index contributed by atoms with van der Waals surface area (Å²) in [7, 11) is 1.67. The molecule has 8 heteroatoms. The number of methoxy groups -OCH3 is 1. The second-order valence-electron chi connectivity index (χ2n) is 8.13. The zero-order valence-corrected chi connectivity index (χ0v) is 18.6. The van der Waals surface area contributed by atoms with Gasteiger partial charge in [-0.2, -0.15) is 11.8 Å². The van der Waals surface area contributed by atoms with E-state index in [-0.39, 0.29) is 17.9 Å². The lowest BCUT2D eigenvalue weighted by Gasteiger charge is -2.37. The Bertz CT molecular complexity index is 730. The Morgan fingerprint density at radius 2 is 1.67 bits per heavy atom. The highest BCUT2D eigenvalue weighted by molar-refractivity contribution is 7.99. The molecule has 0 saturated carbocycles. The summed E-state index contributed by atoms with van der Waals surface area (Å²) in [4.78, 5) is 34.3. The Balaban J connectivity index is 1.28. The van der Waals surface area contributed by atoms with Crippen molar-refractivity contribution in [3.8, 4) is 5.75 Å². The third kappa shape index (κ3) is 4.86. The fraction of sp³-hybridized carbons (Fsp3) is 0.636. The molecule has 0 spiro atoms. The van der Waals surface area contributed by atoms with Crippen LogP contribution in [0.15, 0.2) is 24.3 Å². The smallest absolute Gasteiger partial charge is 0.239 e. The molecule has 7 nitrogen and oxygen atoms in total. The van der Waals surface area contributed by atoms with Crippen molar-refractivity contribution in [1.82, 2.24) is 14.7 Å². The second-order valence-corrected chi connectivity index (χ2v) is 9.36. The number of amides is 2. The molecule has 3 fully saturated rings. The summed E-state index contributed by atoms with van der Waals surface area (Å²) in [6.07, 6.45) is 1.87. The van der Waals surface area contributed by atoms with Crippen LogP contribution in [0.3, 0.4) is 0 Å². The molecule has 0 aliphatic carbocycles. The maximum atomic E-state index is 12.9. The second kappa shape index (κ2) is 9.92. The monoisotopic (exact) mass is 432 g/mol. The van der Waals surface area contributed by atoms with Gasteiger partial charge in [0, 0.05) is 56.5 Å². The van der Waals surface area contributed by atoms with Gasteiger partial charge in [-0.15, -0.1) is 0 Å². The number of likely N-dealkylation sites (tertiary alicyclic amines) is 1. The molecule has 0 N–H and O–H groups in total. The zero-order valence-electron chi connectivity index (χ0n) is 17.8. The van der Waals surface area contributed by atoms with Gasteiger partial charge < -0.3 is 19.4 Å². The van der Waals surface area contributed by atoms with E-state index < -0.39 is 0 Å². The van der Waals surface area contributed by atoms with Crippen LogP contribution in [0.1, 0.15) is 12.8 Å². The largest absolute Gasteiger partial charge is 0.497 e. The highest BCUT2D eigenvalue weighted by Gasteiger charge is 2.36. The SMILES string of the molecule is COc1ccc(N2CCN(C(=O)CN3CCCC3C(=O)N3CCSCC3)CC2)cc1. The van der Waals surface area contributed by atoms with E-state index in [1.807, 2.05) is 33.7 Å². The van der Waals surface area contributed by atoms with Crippen molar-refractivity contribution in [2.24, 2.45) is 0 Å². The average molecular weight is 433 g/mol. The molecule has 3 saturated heterocycles. The van der Waals surface area contributed by atoms with Crippen molar-refractivity contribution in [1.29, 1.82) is 0 Å². The summed E-state index contributed by atoms with van der Waals surface area (Å²) in [5.74, 6) is 3.28. The van der Waals surface area contributed by atoms with Gasteiger partial charge in [0.15, 0.2) is 0 Å². The molecule has 3 aliphatic heterocycles. The van der Waals surface area contributed by atoms with Crippen LogP contribution < -0.4 is 9.64 Å². The molecule has 4 rings (SSSR count). The normalized spacial score (nSPS) is 23.0. The Labute approximate surface area is 183 Å². The van der Waals surface area contributed by atoms with Crippen LogP contribution in [-0.2, 0) is 9.59 Å². The number of piperazine rings is 1. The number of hydrogen-bond acceptors (Lipinski definition) is 6. The molecule has 1 unspecified atom stereocenters. The molecule has 164 valence electrons. The van der Waals surface area contributed by atoms with E-state index in [2.05, 4.69) is 21.9 Å². The lowest BCUT2D eigenvalue weighted by atomic mass is 10.2. The molecule has 1 atom stereocenters. The van der Waals surface area contributed by atoms with Gasteiger partial charge in [-0.1, -0.05) is 0 Å². The minimum atomic E-state index is -0.113. The van der Waals surface area contributed by atoms with Crippen molar-refractivity contribution in [3.05, 3.63) is 24.3 Å². The lowest BCUT2D eigenvalue weighted by Crippen LogP contribution is -2.54. The van der Waals surface area contributed by atoms with Crippen LogP contribution in [0, 0.1) is 0 Å². The maximum Gasteiger partial charge on any atom is 0.239 e. The first kappa shape index (κ1) is 21.3. The number of nitrogens with zero attached hydrogens (tertiary/aromatic N) is 4. The van der Waals surface area contributed by atoms with Crippen LogP contribution in [0.5, 0.6) is 5.75 Å². The van der Waals surface area contributed by atoms with E-state index in [9.17, 15) is 9.59 Å². The van der Waals surface area contributed by atoms with Crippen molar-refractivity contribution in [3.63, 3.8) is 0 Å². The molecule has 1 aromatic carbocycles. The van der Waals surface area contributed by atoms with Gasteiger partial charge in [-0.05, 0) is 43.7 Å². The first-order valence-electron chi connectivity index (χ1n) is 10.9. The van der Waals surface area contributed by atoms with Gasteiger partial charge in [-0.3, -0.25) is 14.5 Å². The standard InChI is InChI=1S/C22H32N4O3S/c1-29-19-6-4-18(5-7-19)23-9-11-24(12-10-23)21(27)17-26-8-2-3-20(26)22(28)25-13-15-30-16-14-25/h4-7,20H,2-3,8-17H2,1H3. The summed E-state index contributed by atoms with van der Waals surface area (Å²) in [6.45, 7) is 5.99. The quantitative estimate of drug-likeness (QED) is 0.701. The zero-order chi connectivity index (χ0) is 20.9. The van der Waals surface area contributed by atoms with E-state index in [0.29, 0.717) is 6.54 Å². The minimum absolute atomic E-state index is 0.113. The molecular formula is C22H32N4O3S. The number of benzene rings is 1. The lowest BCUT2D eigenvalue weighted by molar-refractivity contribution is -0.138. The number of ether oxygens (including phenoxy) is 1. The Kier molecular flexibility index (Phi) is 7.04. The fourth-order valence-electron chi connectivity index (χ4n) is 4.57. The minimum Gasteiger partial charge on any atom is -0.497 e. The van der Waals surface area contributed by atoms with Gasteiger partial charge in [0.25, 0.3) is 0 Å². The third-order valence-electron chi connectivity index (χ3n) is 6.38. The number of anilines is 1. The molecular weight excluding hydrogens is 400 g/mol. The number of thioether (sulfide) groups is 1. The molecule has 2 amide bonds. The maximum absolute atomic E-state index is 12.9. The summed E-state index contributed by atoms with van der Waals surface area (Å²) < 4.78 is 5.23. The van der Waals surface area contributed by atoms with Crippen LogP contribution in [0.2, 0.25) is 0 Å². The number of hydrogen-bond donors (Lipinski definition) is 0. The summed E-state index contributed by atoms with van der Waals surface area (Å²) >= 11 is 1.91. The Morgan fingerprint density at radius 3 is 2.33 bits per heavy atom. The number of carbonyl (C=O) groups excluding carboxylic acids is 2. The first-order chi connectivity index (χ1) is 14.7. The number of carbonyl (C=O) groups is 2. The predicted molar refractivity (Wildman–Crippen MR) is 120 cm³/mol. The van der Waals surface area contributed by atoms with Crippen LogP contribution in [-0.4, -0.2) is 104 Å². The Morgan fingerprint density at radius 1 is 0.967 bits per heavy atom. The van der Waals surface area contributed by atoms with Gasteiger partial charge >= 0.3 is 0 Å². The van der Waals surface area contributed by atoms with E-state index in [1.165, 1.54) is 0 Å². The van der Waals surface area contributed by atoms with Crippen molar-refractivity contribution < 1.29 is 14.3 Å². The highest BCUT2D eigenvalue weighted by atomic mass is 32.2. The van der Waals surface area contributed by atoms with E-state index >= 15 is 0 Å². The van der Waals surface area contributed by atoms with Crippen molar-refractivity contribution in [2.75, 3.05) is 75.9 Å². The van der Waals surface area contributed by atoms with Crippen LogP contribution in [0.4, 0.5) is 5.69 Å². The molecule has 3 aliphatic rings. The summed E-state index contributed by atoms with van der Waals surface area (Å²) in [5, 5.41) is 0. The molecule has 3 heterocycles. The highest BCUT2D eigenvalue weighted by Crippen LogP contribution is 2.23. The van der Waals surface area contributed by atoms with Crippen LogP contribution in [0.25, 0.3) is 0 Å². The fourth-order valence-corrected chi connectivity index (χ4v) is 5.47. The topological polar surface area (TPSA) is 56.3 Å². The summed E-state index contributed by atoms with van der Waals surface area (Å²) in [5.41, 5.74) is 1.16. The molecule has 0 aromatic heterocycles. The molecule has 1 aromatic rings. The molecule has 0 radical (unpaired) electrons. The molecule has 30 heavy (non-hydrogen) atoms. The molecule has 0 bridgehead atoms. The van der Waals surface area contributed by atoms with E-state index in [4.69, 9.17) is 4.74 Å².